The molecule has 0 aromatic heterocycles. The van der Waals surface area contributed by atoms with Crippen LogP contribution < -0.4 is 5.32 Å². The second kappa shape index (κ2) is 8.98. The molecule has 3 nitrogen and oxygen atoms in total. The molecule has 0 saturated heterocycles. The van der Waals surface area contributed by atoms with Crippen LogP contribution >= 0.6 is 0 Å². The van der Waals surface area contributed by atoms with Gasteiger partial charge in [-0.25, -0.2) is 0 Å². The molecule has 0 fully saturated rings. The average Bonchev–Trinajstić information content (AvgIpc) is 2.23. The Hall–Kier alpha value is -0.590. The van der Waals surface area contributed by atoms with E-state index in [1.807, 2.05) is 6.92 Å². The fourth-order valence-electron chi connectivity index (χ4n) is 1.42. The Bertz CT molecular complexity index is 162. The van der Waals surface area contributed by atoms with Crippen LogP contribution in [0.2, 0.25) is 0 Å². The quantitative estimate of drug-likeness (QED) is 0.642. The van der Waals surface area contributed by atoms with Gasteiger partial charge >= 0.3 is 0 Å². The van der Waals surface area contributed by atoms with E-state index in [2.05, 4.69) is 30.1 Å². The van der Waals surface area contributed by atoms with Crippen molar-refractivity contribution in [3.05, 3.63) is 0 Å². The summed E-state index contributed by atoms with van der Waals surface area (Å²) < 4.78 is 0. The van der Waals surface area contributed by atoms with Crippen molar-refractivity contribution in [1.82, 2.24) is 10.2 Å². The van der Waals surface area contributed by atoms with Crippen LogP contribution in [0.15, 0.2) is 0 Å². The van der Waals surface area contributed by atoms with E-state index in [-0.39, 0.29) is 6.04 Å². The van der Waals surface area contributed by atoms with E-state index in [1.165, 1.54) is 6.42 Å². The molecule has 0 saturated carbocycles. The van der Waals surface area contributed by atoms with Crippen molar-refractivity contribution in [2.75, 3.05) is 26.2 Å². The van der Waals surface area contributed by atoms with Gasteiger partial charge in [0.15, 0.2) is 0 Å². The molecule has 1 N–H and O–H groups in total. The van der Waals surface area contributed by atoms with Crippen molar-refractivity contribution in [2.45, 2.75) is 39.7 Å². The van der Waals surface area contributed by atoms with E-state index in [4.69, 9.17) is 5.26 Å². The van der Waals surface area contributed by atoms with Gasteiger partial charge in [0.1, 0.15) is 0 Å². The highest BCUT2D eigenvalue weighted by molar-refractivity contribution is 4.88. The predicted octanol–water partition coefficient (Wildman–Crippen LogP) is 1.61. The summed E-state index contributed by atoms with van der Waals surface area (Å²) in [6.07, 6.45) is 2.08. The summed E-state index contributed by atoms with van der Waals surface area (Å²) in [5, 5.41) is 12.0. The Kier molecular flexibility index (Phi) is 8.61. The van der Waals surface area contributed by atoms with E-state index >= 15 is 0 Å². The van der Waals surface area contributed by atoms with Crippen LogP contribution in [0.25, 0.3) is 0 Å². The van der Waals surface area contributed by atoms with Crippen molar-refractivity contribution in [1.29, 1.82) is 5.26 Å². The summed E-state index contributed by atoms with van der Waals surface area (Å²) in [6, 6.07) is 2.27. The van der Waals surface area contributed by atoms with Crippen LogP contribution in [-0.4, -0.2) is 37.1 Å². The maximum atomic E-state index is 8.73. The summed E-state index contributed by atoms with van der Waals surface area (Å²) in [7, 11) is 0. The number of nitrogens with zero attached hydrogens (tertiary/aromatic N) is 2. The smallest absolute Gasteiger partial charge is 0.0950 e. The maximum Gasteiger partial charge on any atom is 0.0950 e. The number of hydrogen-bond donors (Lipinski definition) is 1. The summed E-state index contributed by atoms with van der Waals surface area (Å²) in [4.78, 5) is 2.40. The maximum absolute atomic E-state index is 8.73. The minimum atomic E-state index is 0.0235. The Morgan fingerprint density at radius 3 is 2.43 bits per heavy atom. The van der Waals surface area contributed by atoms with E-state index in [9.17, 15) is 0 Å². The second-order valence-corrected chi connectivity index (χ2v) is 3.48. The first-order valence-corrected chi connectivity index (χ1v) is 5.63. The second-order valence-electron chi connectivity index (χ2n) is 3.48. The van der Waals surface area contributed by atoms with Crippen molar-refractivity contribution >= 4 is 0 Å². The van der Waals surface area contributed by atoms with E-state index in [0.717, 1.165) is 32.6 Å². The molecule has 0 bridgehead atoms. The molecule has 1 atom stereocenters. The van der Waals surface area contributed by atoms with Gasteiger partial charge in [-0.05, 0) is 25.9 Å². The highest BCUT2D eigenvalue weighted by Gasteiger charge is 2.04. The van der Waals surface area contributed by atoms with E-state index in [0.29, 0.717) is 0 Å². The molecule has 82 valence electrons. The van der Waals surface area contributed by atoms with Crippen LogP contribution in [-0.2, 0) is 0 Å². The van der Waals surface area contributed by atoms with Crippen LogP contribution in [0, 0.1) is 11.3 Å². The third-order valence-corrected chi connectivity index (χ3v) is 2.37. The summed E-state index contributed by atoms with van der Waals surface area (Å²) in [5.41, 5.74) is 0. The lowest BCUT2D eigenvalue weighted by Gasteiger charge is -2.20. The molecule has 3 heteroatoms. The van der Waals surface area contributed by atoms with E-state index in [1.54, 1.807) is 0 Å². The Morgan fingerprint density at radius 2 is 2.00 bits per heavy atom. The van der Waals surface area contributed by atoms with Gasteiger partial charge in [0.25, 0.3) is 0 Å². The van der Waals surface area contributed by atoms with Gasteiger partial charge in [0.2, 0.25) is 0 Å². The molecular weight excluding hydrogens is 174 g/mol. The van der Waals surface area contributed by atoms with Crippen LogP contribution in [0.4, 0.5) is 0 Å². The number of nitriles is 1. The van der Waals surface area contributed by atoms with Crippen molar-refractivity contribution < 1.29 is 0 Å². The van der Waals surface area contributed by atoms with Gasteiger partial charge in [0.05, 0.1) is 12.1 Å². The van der Waals surface area contributed by atoms with Gasteiger partial charge in [0, 0.05) is 13.1 Å². The largest absolute Gasteiger partial charge is 0.302 e. The third kappa shape index (κ3) is 5.95. The molecule has 0 aliphatic carbocycles. The highest BCUT2D eigenvalue weighted by Crippen LogP contribution is 1.91. The molecule has 14 heavy (non-hydrogen) atoms. The molecule has 0 aromatic carbocycles. The molecule has 0 spiro atoms. The van der Waals surface area contributed by atoms with Gasteiger partial charge in [-0.15, -0.1) is 0 Å². The lowest BCUT2D eigenvalue weighted by molar-refractivity contribution is 0.285. The van der Waals surface area contributed by atoms with Crippen molar-refractivity contribution in [2.24, 2.45) is 0 Å². The normalized spacial score (nSPS) is 12.8. The molecule has 0 radical (unpaired) electrons. The summed E-state index contributed by atoms with van der Waals surface area (Å²) >= 11 is 0. The molecule has 0 rings (SSSR count). The fourth-order valence-corrected chi connectivity index (χ4v) is 1.42. The Labute approximate surface area is 88.1 Å². The molecule has 0 aromatic rings. The molecule has 0 aliphatic rings. The monoisotopic (exact) mass is 197 g/mol. The molecule has 0 aliphatic heterocycles. The van der Waals surface area contributed by atoms with Crippen molar-refractivity contribution in [3.63, 3.8) is 0 Å². The zero-order valence-electron chi connectivity index (χ0n) is 9.71. The van der Waals surface area contributed by atoms with E-state index < -0.39 is 0 Å². The topological polar surface area (TPSA) is 39.1 Å². The van der Waals surface area contributed by atoms with Crippen LogP contribution in [0.5, 0.6) is 0 Å². The zero-order valence-corrected chi connectivity index (χ0v) is 9.71. The molecule has 1 unspecified atom stereocenters. The lowest BCUT2D eigenvalue weighted by atomic mass is 10.2. The third-order valence-electron chi connectivity index (χ3n) is 2.37. The highest BCUT2D eigenvalue weighted by atomic mass is 15.1. The molecular formula is C11H23N3. The number of likely N-dealkylation sites (N-methyl/N-ethyl adjacent to an activating group) is 1. The SMILES string of the molecule is CCCN(CC)CCNC(C#N)CC. The first kappa shape index (κ1) is 13.4. The fraction of sp³-hybridized carbons (Fsp3) is 0.909. The Balaban J connectivity index is 3.55. The minimum absolute atomic E-state index is 0.0235. The zero-order chi connectivity index (χ0) is 10.8. The first-order chi connectivity index (χ1) is 6.78. The number of nitrogens with one attached hydrogen (secondary N) is 1. The minimum Gasteiger partial charge on any atom is -0.302 e. The van der Waals surface area contributed by atoms with Crippen LogP contribution in [0.3, 0.4) is 0 Å². The number of hydrogen-bond acceptors (Lipinski definition) is 3. The van der Waals surface area contributed by atoms with Crippen LogP contribution in [0.1, 0.15) is 33.6 Å². The standard InChI is InChI=1S/C11H23N3/c1-4-8-14(6-3)9-7-13-11(5-2)10-12/h11,13H,4-9H2,1-3H3. The predicted molar refractivity (Wildman–Crippen MR) is 60.1 cm³/mol. The van der Waals surface area contributed by atoms with Gasteiger partial charge < -0.3 is 10.2 Å². The summed E-state index contributed by atoms with van der Waals surface area (Å²) in [5.74, 6) is 0. The first-order valence-electron chi connectivity index (χ1n) is 5.63. The van der Waals surface area contributed by atoms with Gasteiger partial charge in [-0.2, -0.15) is 5.26 Å². The molecule has 0 amide bonds. The summed E-state index contributed by atoms with van der Waals surface area (Å²) in [6.45, 7) is 10.6. The van der Waals surface area contributed by atoms with Gasteiger partial charge in [-0.1, -0.05) is 20.8 Å². The molecule has 0 heterocycles. The van der Waals surface area contributed by atoms with Crippen molar-refractivity contribution in [3.8, 4) is 6.07 Å². The number of rotatable bonds is 8. The lowest BCUT2D eigenvalue weighted by Crippen LogP contribution is -2.36. The average molecular weight is 197 g/mol. The van der Waals surface area contributed by atoms with Gasteiger partial charge in [-0.3, -0.25) is 0 Å². The Morgan fingerprint density at radius 1 is 1.29 bits per heavy atom.